The average Bonchev–Trinajstić information content (AvgIpc) is 3.64. The van der Waals surface area contributed by atoms with E-state index in [1.165, 1.54) is 0 Å². The van der Waals surface area contributed by atoms with Crippen molar-refractivity contribution in [2.75, 3.05) is 0 Å². The number of allylic oxidation sites excluding steroid dienone is 4. The zero-order valence-electron chi connectivity index (χ0n) is 23.8. The van der Waals surface area contributed by atoms with Crippen LogP contribution < -0.4 is 0 Å². The van der Waals surface area contributed by atoms with Gasteiger partial charge in [-0.15, -0.1) is 0 Å². The van der Waals surface area contributed by atoms with E-state index >= 15 is 0 Å². The molecular formula is C42H30O. The fourth-order valence-corrected chi connectivity index (χ4v) is 6.22. The Kier molecular flexibility index (Phi) is 7.21. The van der Waals surface area contributed by atoms with Gasteiger partial charge in [-0.2, -0.15) is 0 Å². The monoisotopic (exact) mass is 550 g/mol. The Labute approximate surface area is 253 Å². The molecule has 1 heteroatoms. The Balaban J connectivity index is 1.78. The maximum Gasteiger partial charge on any atom is 0.190 e. The molecule has 1 aliphatic rings. The summed E-state index contributed by atoms with van der Waals surface area (Å²) in [6, 6.07) is 52.5. The Hall–Kier alpha value is -5.53. The summed E-state index contributed by atoms with van der Waals surface area (Å²) in [5.74, 6) is 0.0664. The molecular weight excluding hydrogens is 520 g/mol. The molecule has 1 aliphatic carbocycles. The van der Waals surface area contributed by atoms with Crippen LogP contribution in [0.25, 0.3) is 55.6 Å². The Bertz CT molecular complexity index is 1850. The van der Waals surface area contributed by atoms with Crippen molar-refractivity contribution in [2.24, 2.45) is 0 Å². The van der Waals surface area contributed by atoms with Gasteiger partial charge in [-0.3, -0.25) is 4.79 Å². The molecule has 0 radical (unpaired) electrons. The Morgan fingerprint density at radius 2 is 0.698 bits per heavy atom. The van der Waals surface area contributed by atoms with Gasteiger partial charge in [-0.25, -0.2) is 0 Å². The van der Waals surface area contributed by atoms with Crippen LogP contribution >= 0.6 is 0 Å². The number of hydrogen-bond acceptors (Lipinski definition) is 1. The minimum atomic E-state index is 0.0664. The van der Waals surface area contributed by atoms with Crippen LogP contribution in [0.2, 0.25) is 0 Å². The second-order valence-corrected chi connectivity index (χ2v) is 10.7. The smallest absolute Gasteiger partial charge is 0.190 e. The van der Waals surface area contributed by atoms with Crippen molar-refractivity contribution in [1.29, 1.82) is 0 Å². The zero-order chi connectivity index (χ0) is 29.0. The van der Waals surface area contributed by atoms with Gasteiger partial charge in [0, 0.05) is 22.3 Å². The van der Waals surface area contributed by atoms with Crippen LogP contribution in [0.15, 0.2) is 175 Å². The predicted molar refractivity (Wildman–Crippen MR) is 180 cm³/mol. The lowest BCUT2D eigenvalue weighted by molar-refractivity contribution is 0.103. The molecule has 0 heterocycles. The molecule has 43 heavy (non-hydrogen) atoms. The van der Waals surface area contributed by atoms with Crippen LogP contribution in [-0.4, -0.2) is 5.78 Å². The van der Waals surface area contributed by atoms with Gasteiger partial charge in [0.05, 0.1) is 0 Å². The number of carbonyl (C=O) groups is 1. The minimum Gasteiger partial charge on any atom is -0.289 e. The van der Waals surface area contributed by atoms with E-state index in [0.29, 0.717) is 6.42 Å². The number of rotatable bonds is 7. The number of carbonyl (C=O) groups excluding carboxylic acids is 1. The molecule has 0 saturated heterocycles. The molecule has 0 unspecified atom stereocenters. The molecule has 0 atom stereocenters. The standard InChI is InChI=1S/C42H30O/c43-42(35-28-16-17-29-35)41-39(33-24-12-4-13-25-33)37(31-20-8-2-9-21-31)36(30-18-6-1-7-19-30)38(32-22-10-3-11-23-32)40(41)34-26-14-5-15-27-34/h1-28H,29H2. The highest BCUT2D eigenvalue weighted by atomic mass is 16.1. The van der Waals surface area contributed by atoms with E-state index in [1.807, 2.05) is 36.4 Å². The number of hydrogen-bond donors (Lipinski definition) is 0. The summed E-state index contributed by atoms with van der Waals surface area (Å²) in [7, 11) is 0. The van der Waals surface area contributed by atoms with E-state index in [9.17, 15) is 4.79 Å². The molecule has 0 fully saturated rings. The predicted octanol–water partition coefficient (Wildman–Crippen LogP) is 11.1. The van der Waals surface area contributed by atoms with Crippen molar-refractivity contribution in [1.82, 2.24) is 0 Å². The van der Waals surface area contributed by atoms with E-state index in [2.05, 4.69) is 133 Å². The average molecular weight is 551 g/mol. The molecule has 6 aromatic rings. The lowest BCUT2D eigenvalue weighted by atomic mass is 9.74. The van der Waals surface area contributed by atoms with Crippen molar-refractivity contribution < 1.29 is 4.79 Å². The Morgan fingerprint density at radius 1 is 0.395 bits per heavy atom. The SMILES string of the molecule is O=C(C1=CC=CC1)c1c(-c2ccccc2)c(-c2ccccc2)c(-c2ccccc2)c(-c2ccccc2)c1-c1ccccc1. The first-order valence-electron chi connectivity index (χ1n) is 14.7. The molecule has 0 aliphatic heterocycles. The van der Waals surface area contributed by atoms with E-state index in [4.69, 9.17) is 0 Å². The third-order valence-corrected chi connectivity index (χ3v) is 8.10. The van der Waals surface area contributed by atoms with Gasteiger partial charge in [0.1, 0.15) is 0 Å². The summed E-state index contributed by atoms with van der Waals surface area (Å²) in [5, 5.41) is 0. The molecule has 0 N–H and O–H groups in total. The molecule has 0 bridgehead atoms. The second kappa shape index (κ2) is 11.8. The highest BCUT2D eigenvalue weighted by Gasteiger charge is 2.32. The van der Waals surface area contributed by atoms with Gasteiger partial charge in [-0.1, -0.05) is 170 Å². The summed E-state index contributed by atoms with van der Waals surface area (Å²) < 4.78 is 0. The van der Waals surface area contributed by atoms with Crippen molar-refractivity contribution in [3.63, 3.8) is 0 Å². The molecule has 1 nitrogen and oxygen atoms in total. The topological polar surface area (TPSA) is 17.1 Å². The third kappa shape index (κ3) is 4.96. The molecule has 6 aromatic carbocycles. The summed E-state index contributed by atoms with van der Waals surface area (Å²) >= 11 is 0. The van der Waals surface area contributed by atoms with Crippen LogP contribution in [0.5, 0.6) is 0 Å². The number of Topliss-reactive ketones (excluding diaryl/α,β-unsaturated/α-hetero) is 1. The normalized spacial score (nSPS) is 12.2. The first kappa shape index (κ1) is 26.4. The Morgan fingerprint density at radius 3 is 1.00 bits per heavy atom. The van der Waals surface area contributed by atoms with Crippen LogP contribution in [0.3, 0.4) is 0 Å². The van der Waals surface area contributed by atoms with Crippen LogP contribution in [0.4, 0.5) is 0 Å². The van der Waals surface area contributed by atoms with Crippen LogP contribution in [-0.2, 0) is 0 Å². The summed E-state index contributed by atoms with van der Waals surface area (Å²) in [4.78, 5) is 14.9. The van der Waals surface area contributed by atoms with Crippen LogP contribution in [0.1, 0.15) is 16.8 Å². The summed E-state index contributed by atoms with van der Waals surface area (Å²) in [6.07, 6.45) is 6.66. The first-order chi connectivity index (χ1) is 21.3. The molecule has 0 spiro atoms. The lowest BCUT2D eigenvalue weighted by Crippen LogP contribution is -2.11. The minimum absolute atomic E-state index is 0.0664. The van der Waals surface area contributed by atoms with Gasteiger partial charge < -0.3 is 0 Å². The van der Waals surface area contributed by atoms with E-state index in [0.717, 1.165) is 66.8 Å². The van der Waals surface area contributed by atoms with Crippen LogP contribution in [0, 0.1) is 0 Å². The maximum absolute atomic E-state index is 14.9. The van der Waals surface area contributed by atoms with E-state index < -0.39 is 0 Å². The zero-order valence-corrected chi connectivity index (χ0v) is 23.8. The van der Waals surface area contributed by atoms with Gasteiger partial charge in [0.15, 0.2) is 5.78 Å². The first-order valence-corrected chi connectivity index (χ1v) is 14.7. The molecule has 0 amide bonds. The van der Waals surface area contributed by atoms with Crippen molar-refractivity contribution in [2.45, 2.75) is 6.42 Å². The fraction of sp³-hybridized carbons (Fsp3) is 0.0238. The van der Waals surface area contributed by atoms with Gasteiger partial charge in [0.2, 0.25) is 0 Å². The van der Waals surface area contributed by atoms with Crippen molar-refractivity contribution in [3.05, 3.63) is 181 Å². The molecule has 0 saturated carbocycles. The van der Waals surface area contributed by atoms with Gasteiger partial charge in [-0.05, 0) is 50.9 Å². The second-order valence-electron chi connectivity index (χ2n) is 10.7. The highest BCUT2D eigenvalue weighted by molar-refractivity contribution is 6.23. The third-order valence-electron chi connectivity index (χ3n) is 8.10. The maximum atomic E-state index is 14.9. The fourth-order valence-electron chi connectivity index (χ4n) is 6.22. The van der Waals surface area contributed by atoms with E-state index in [1.54, 1.807) is 0 Å². The van der Waals surface area contributed by atoms with Crippen molar-refractivity contribution in [3.8, 4) is 55.6 Å². The lowest BCUT2D eigenvalue weighted by Gasteiger charge is -2.28. The van der Waals surface area contributed by atoms with E-state index in [-0.39, 0.29) is 5.78 Å². The van der Waals surface area contributed by atoms with Crippen molar-refractivity contribution >= 4 is 5.78 Å². The molecule has 0 aromatic heterocycles. The van der Waals surface area contributed by atoms with Gasteiger partial charge >= 0.3 is 0 Å². The number of ketones is 1. The highest BCUT2D eigenvalue weighted by Crippen LogP contribution is 2.53. The molecule has 204 valence electrons. The number of benzene rings is 6. The quantitative estimate of drug-likeness (QED) is 0.181. The van der Waals surface area contributed by atoms with Gasteiger partial charge in [0.25, 0.3) is 0 Å². The summed E-state index contributed by atoms with van der Waals surface area (Å²) in [6.45, 7) is 0. The summed E-state index contributed by atoms with van der Waals surface area (Å²) in [5.41, 5.74) is 12.0. The molecule has 7 rings (SSSR count). The largest absolute Gasteiger partial charge is 0.289 e.